The van der Waals surface area contributed by atoms with Crippen molar-refractivity contribution in [1.29, 1.82) is 0 Å². The van der Waals surface area contributed by atoms with E-state index in [1.165, 1.54) is 16.2 Å². The minimum absolute atomic E-state index is 0.0870. The SMILES string of the molecule is CC(C)(C)NCc1nnc(OCc2cccs2)s1. The first-order valence-corrected chi connectivity index (χ1v) is 7.45. The number of rotatable bonds is 5. The van der Waals surface area contributed by atoms with Crippen molar-refractivity contribution in [3.05, 3.63) is 27.4 Å². The lowest BCUT2D eigenvalue weighted by Crippen LogP contribution is -2.35. The van der Waals surface area contributed by atoms with Gasteiger partial charge in [-0.2, -0.15) is 0 Å². The second-order valence-electron chi connectivity index (χ2n) is 4.93. The van der Waals surface area contributed by atoms with Gasteiger partial charge in [-0.05, 0) is 32.2 Å². The van der Waals surface area contributed by atoms with Crippen molar-refractivity contribution in [3.8, 4) is 5.19 Å². The van der Waals surface area contributed by atoms with Gasteiger partial charge in [-0.3, -0.25) is 0 Å². The minimum Gasteiger partial charge on any atom is -0.463 e. The zero-order chi connectivity index (χ0) is 13.0. The number of hydrogen-bond acceptors (Lipinski definition) is 6. The summed E-state index contributed by atoms with van der Waals surface area (Å²) >= 11 is 3.17. The Bertz CT molecular complexity index is 474. The summed E-state index contributed by atoms with van der Waals surface area (Å²) in [6, 6.07) is 4.07. The van der Waals surface area contributed by atoms with Crippen LogP contribution in [0.3, 0.4) is 0 Å². The predicted octanol–water partition coefficient (Wildman–Crippen LogP) is 3.07. The number of nitrogens with one attached hydrogen (secondary N) is 1. The summed E-state index contributed by atoms with van der Waals surface area (Å²) in [7, 11) is 0. The molecular formula is C12H17N3OS2. The molecule has 0 saturated heterocycles. The Kier molecular flexibility index (Phi) is 4.31. The maximum Gasteiger partial charge on any atom is 0.294 e. The van der Waals surface area contributed by atoms with Gasteiger partial charge in [0, 0.05) is 10.4 Å². The summed E-state index contributed by atoms with van der Waals surface area (Å²) in [6.07, 6.45) is 0. The highest BCUT2D eigenvalue weighted by Crippen LogP contribution is 2.20. The van der Waals surface area contributed by atoms with E-state index in [9.17, 15) is 0 Å². The van der Waals surface area contributed by atoms with Crippen molar-refractivity contribution in [2.45, 2.75) is 39.5 Å². The molecule has 0 aromatic carbocycles. The lowest BCUT2D eigenvalue weighted by molar-refractivity contribution is 0.305. The Hall–Kier alpha value is -0.980. The van der Waals surface area contributed by atoms with E-state index < -0.39 is 0 Å². The summed E-state index contributed by atoms with van der Waals surface area (Å²) in [6.45, 7) is 7.68. The van der Waals surface area contributed by atoms with Crippen molar-refractivity contribution >= 4 is 22.7 Å². The van der Waals surface area contributed by atoms with Crippen molar-refractivity contribution in [2.75, 3.05) is 0 Å². The molecule has 0 atom stereocenters. The number of hydrogen-bond donors (Lipinski definition) is 1. The number of thiophene rings is 1. The topological polar surface area (TPSA) is 47.0 Å². The minimum atomic E-state index is 0.0870. The van der Waals surface area contributed by atoms with Crippen molar-refractivity contribution in [2.24, 2.45) is 0 Å². The Morgan fingerprint density at radius 3 is 2.83 bits per heavy atom. The van der Waals surface area contributed by atoms with E-state index in [2.05, 4.69) is 36.3 Å². The molecule has 0 saturated carbocycles. The van der Waals surface area contributed by atoms with Crippen LogP contribution in [-0.2, 0) is 13.2 Å². The Morgan fingerprint density at radius 2 is 2.17 bits per heavy atom. The largest absolute Gasteiger partial charge is 0.463 e. The highest BCUT2D eigenvalue weighted by molar-refractivity contribution is 7.13. The molecule has 2 heterocycles. The van der Waals surface area contributed by atoms with E-state index in [-0.39, 0.29) is 5.54 Å². The summed E-state index contributed by atoms with van der Waals surface area (Å²) in [5, 5.41) is 15.1. The molecule has 0 aliphatic carbocycles. The molecule has 0 fully saturated rings. The Morgan fingerprint density at radius 1 is 1.33 bits per heavy atom. The number of ether oxygens (including phenoxy) is 1. The van der Waals surface area contributed by atoms with Crippen LogP contribution in [0, 0.1) is 0 Å². The highest BCUT2D eigenvalue weighted by Gasteiger charge is 2.11. The molecular weight excluding hydrogens is 266 g/mol. The van der Waals surface area contributed by atoms with Crippen molar-refractivity contribution < 1.29 is 4.74 Å². The quantitative estimate of drug-likeness (QED) is 0.916. The van der Waals surface area contributed by atoms with E-state index in [0.717, 1.165) is 11.6 Å². The third kappa shape index (κ3) is 4.36. The first-order chi connectivity index (χ1) is 8.53. The smallest absolute Gasteiger partial charge is 0.294 e. The lowest BCUT2D eigenvalue weighted by atomic mass is 10.1. The monoisotopic (exact) mass is 283 g/mol. The van der Waals surface area contributed by atoms with Gasteiger partial charge in [-0.1, -0.05) is 22.5 Å². The second kappa shape index (κ2) is 5.77. The van der Waals surface area contributed by atoms with Gasteiger partial charge in [0.1, 0.15) is 11.6 Å². The molecule has 0 spiro atoms. The van der Waals surface area contributed by atoms with Crippen LogP contribution < -0.4 is 10.1 Å². The third-order valence-corrected chi connectivity index (χ3v) is 3.82. The summed E-state index contributed by atoms with van der Waals surface area (Å²) in [5.74, 6) is 0. The molecule has 1 N–H and O–H groups in total. The van der Waals surface area contributed by atoms with Crippen molar-refractivity contribution in [1.82, 2.24) is 15.5 Å². The van der Waals surface area contributed by atoms with Crippen LogP contribution in [0.25, 0.3) is 0 Å². The van der Waals surface area contributed by atoms with Crippen LogP contribution in [0.15, 0.2) is 17.5 Å². The third-order valence-electron chi connectivity index (χ3n) is 2.14. The zero-order valence-corrected chi connectivity index (χ0v) is 12.4. The average molecular weight is 283 g/mol. The van der Waals surface area contributed by atoms with Crippen LogP contribution in [0.2, 0.25) is 0 Å². The van der Waals surface area contributed by atoms with Gasteiger partial charge in [-0.15, -0.1) is 16.4 Å². The van der Waals surface area contributed by atoms with Crippen molar-refractivity contribution in [3.63, 3.8) is 0 Å². The molecule has 0 aliphatic heterocycles. The lowest BCUT2D eigenvalue weighted by Gasteiger charge is -2.19. The molecule has 0 amide bonds. The van der Waals surface area contributed by atoms with Crippen LogP contribution in [0.5, 0.6) is 5.19 Å². The van der Waals surface area contributed by atoms with Gasteiger partial charge in [-0.25, -0.2) is 0 Å². The fraction of sp³-hybridized carbons (Fsp3) is 0.500. The van der Waals surface area contributed by atoms with Crippen LogP contribution in [0.1, 0.15) is 30.7 Å². The molecule has 98 valence electrons. The molecule has 2 rings (SSSR count). The van der Waals surface area contributed by atoms with Gasteiger partial charge in [0.2, 0.25) is 0 Å². The van der Waals surface area contributed by atoms with Gasteiger partial charge in [0.25, 0.3) is 5.19 Å². The van der Waals surface area contributed by atoms with E-state index in [4.69, 9.17) is 4.74 Å². The molecule has 18 heavy (non-hydrogen) atoms. The molecule has 6 heteroatoms. The second-order valence-corrected chi connectivity index (χ2v) is 6.99. The maximum absolute atomic E-state index is 5.59. The Balaban J connectivity index is 1.82. The summed E-state index contributed by atoms with van der Waals surface area (Å²) in [4.78, 5) is 1.19. The molecule has 2 aromatic rings. The molecule has 2 aromatic heterocycles. The van der Waals surface area contributed by atoms with Gasteiger partial charge < -0.3 is 10.1 Å². The number of nitrogens with zero attached hydrogens (tertiary/aromatic N) is 2. The summed E-state index contributed by atoms with van der Waals surface area (Å²) < 4.78 is 5.59. The van der Waals surface area contributed by atoms with Gasteiger partial charge in [0.05, 0.1) is 6.54 Å². The van der Waals surface area contributed by atoms with Crippen LogP contribution in [-0.4, -0.2) is 15.7 Å². The molecule has 0 unspecified atom stereocenters. The molecule has 0 bridgehead atoms. The number of aromatic nitrogens is 2. The van der Waals surface area contributed by atoms with Crippen LogP contribution >= 0.6 is 22.7 Å². The normalized spacial score (nSPS) is 11.7. The van der Waals surface area contributed by atoms with Gasteiger partial charge >= 0.3 is 0 Å². The standard InChI is InChI=1S/C12H17N3OS2/c1-12(2,3)13-7-10-14-15-11(18-10)16-8-9-5-4-6-17-9/h4-6,13H,7-8H2,1-3H3. The average Bonchev–Trinajstić information content (AvgIpc) is 2.94. The fourth-order valence-corrected chi connectivity index (χ4v) is 2.48. The molecule has 0 aliphatic rings. The van der Waals surface area contributed by atoms with E-state index in [1.54, 1.807) is 11.3 Å². The summed E-state index contributed by atoms with van der Waals surface area (Å²) in [5.41, 5.74) is 0.0870. The van der Waals surface area contributed by atoms with Gasteiger partial charge in [0.15, 0.2) is 0 Å². The van der Waals surface area contributed by atoms with E-state index in [1.807, 2.05) is 17.5 Å². The molecule has 4 nitrogen and oxygen atoms in total. The first kappa shape index (κ1) is 13.5. The Labute approximate surface area is 115 Å². The zero-order valence-electron chi connectivity index (χ0n) is 10.8. The van der Waals surface area contributed by atoms with E-state index >= 15 is 0 Å². The highest BCUT2D eigenvalue weighted by atomic mass is 32.1. The fourth-order valence-electron chi connectivity index (χ4n) is 1.24. The first-order valence-electron chi connectivity index (χ1n) is 5.75. The van der Waals surface area contributed by atoms with E-state index in [0.29, 0.717) is 11.8 Å². The van der Waals surface area contributed by atoms with Crippen LogP contribution in [0.4, 0.5) is 0 Å². The molecule has 0 radical (unpaired) electrons. The maximum atomic E-state index is 5.59. The predicted molar refractivity (Wildman–Crippen MR) is 75.2 cm³/mol.